The summed E-state index contributed by atoms with van der Waals surface area (Å²) in [5.41, 5.74) is 6.22. The summed E-state index contributed by atoms with van der Waals surface area (Å²) in [4.78, 5) is 5.98. The summed E-state index contributed by atoms with van der Waals surface area (Å²) in [6.07, 6.45) is 5.61. The van der Waals surface area contributed by atoms with Crippen LogP contribution in [-0.4, -0.2) is 25.1 Å². The van der Waals surface area contributed by atoms with E-state index >= 15 is 0 Å². The van der Waals surface area contributed by atoms with Gasteiger partial charge in [-0.05, 0) is 50.6 Å². The zero-order valence-electron chi connectivity index (χ0n) is 13.4. The Bertz CT molecular complexity index is 708. The predicted molar refractivity (Wildman–Crippen MR) is 103 cm³/mol. The Labute approximate surface area is 147 Å². The number of nitrogens with zero attached hydrogens (tertiary/aromatic N) is 1. The maximum absolute atomic E-state index is 6.62. The fourth-order valence-corrected chi connectivity index (χ4v) is 4.44. The van der Waals surface area contributed by atoms with Gasteiger partial charge in [-0.25, -0.2) is 0 Å². The molecule has 0 radical (unpaired) electrons. The van der Waals surface area contributed by atoms with Crippen LogP contribution in [0.2, 0.25) is 5.02 Å². The van der Waals surface area contributed by atoms with Crippen molar-refractivity contribution in [3.63, 3.8) is 0 Å². The Morgan fingerprint density at radius 1 is 1.30 bits per heavy atom. The minimum atomic E-state index is 0.817. The van der Waals surface area contributed by atoms with Gasteiger partial charge in [0.05, 0.1) is 5.70 Å². The summed E-state index contributed by atoms with van der Waals surface area (Å²) in [7, 11) is 0. The Morgan fingerprint density at radius 2 is 2.09 bits per heavy atom. The lowest BCUT2D eigenvalue weighted by molar-refractivity contribution is 0.611. The van der Waals surface area contributed by atoms with Crippen molar-refractivity contribution in [3.8, 4) is 0 Å². The number of rotatable bonds is 2. The summed E-state index contributed by atoms with van der Waals surface area (Å²) in [6, 6.07) is 6.19. The molecule has 0 spiro atoms. The van der Waals surface area contributed by atoms with E-state index in [2.05, 4.69) is 24.9 Å². The first-order valence-electron chi connectivity index (χ1n) is 7.92. The lowest BCUT2D eigenvalue weighted by Gasteiger charge is -2.22. The lowest BCUT2D eigenvalue weighted by Crippen LogP contribution is -2.24. The van der Waals surface area contributed by atoms with Crippen molar-refractivity contribution in [1.29, 1.82) is 0 Å². The quantitative estimate of drug-likeness (QED) is 0.753. The van der Waals surface area contributed by atoms with Crippen molar-refractivity contribution in [3.05, 3.63) is 58.3 Å². The van der Waals surface area contributed by atoms with E-state index in [1.807, 2.05) is 23.9 Å². The maximum Gasteiger partial charge on any atom is 0.0706 e. The van der Waals surface area contributed by atoms with Gasteiger partial charge in [0.2, 0.25) is 0 Å². The molecule has 0 aliphatic carbocycles. The summed E-state index contributed by atoms with van der Waals surface area (Å²) < 4.78 is 0. The fourth-order valence-electron chi connectivity index (χ4n) is 3.08. The molecule has 1 aromatic rings. The minimum absolute atomic E-state index is 0.817. The topological polar surface area (TPSA) is 24.4 Å². The Kier molecular flexibility index (Phi) is 5.42. The van der Waals surface area contributed by atoms with E-state index in [1.165, 1.54) is 21.6 Å². The zero-order valence-corrected chi connectivity index (χ0v) is 14.9. The number of nitrogens with one attached hydrogen (secondary N) is 1. The zero-order chi connectivity index (χ0) is 16.2. The summed E-state index contributed by atoms with van der Waals surface area (Å²) >= 11 is 8.46. The van der Waals surface area contributed by atoms with Crippen molar-refractivity contribution < 1.29 is 0 Å². The largest absolute Gasteiger partial charge is 0.316 e. The number of hydrogen-bond acceptors (Lipinski definition) is 3. The van der Waals surface area contributed by atoms with Gasteiger partial charge in [0, 0.05) is 33.0 Å². The fraction of sp³-hybridized carbons (Fsp3) is 0.316. The van der Waals surface area contributed by atoms with E-state index in [0.717, 1.165) is 48.0 Å². The number of halogens is 1. The minimum Gasteiger partial charge on any atom is -0.316 e. The molecular weight excluding hydrogens is 324 g/mol. The average Bonchev–Trinajstić information content (AvgIpc) is 2.72. The smallest absolute Gasteiger partial charge is 0.0706 e. The van der Waals surface area contributed by atoms with Crippen LogP contribution in [0.25, 0.3) is 5.57 Å². The van der Waals surface area contributed by atoms with Crippen LogP contribution in [0.15, 0.2) is 57.6 Å². The summed E-state index contributed by atoms with van der Waals surface area (Å²) in [5, 5.41) is 4.25. The molecule has 1 aromatic carbocycles. The molecule has 0 bridgehead atoms. The molecule has 120 valence electrons. The number of benzene rings is 1. The molecule has 3 rings (SSSR count). The first-order valence-corrected chi connectivity index (χ1v) is 9.28. The number of piperidine rings is 1. The number of hydrogen-bond donors (Lipinski definition) is 1. The van der Waals surface area contributed by atoms with Crippen molar-refractivity contribution in [2.45, 2.75) is 24.7 Å². The molecule has 0 atom stereocenters. The van der Waals surface area contributed by atoms with E-state index in [-0.39, 0.29) is 0 Å². The van der Waals surface area contributed by atoms with Crippen molar-refractivity contribution in [2.75, 3.05) is 18.8 Å². The first kappa shape index (κ1) is 16.6. The van der Waals surface area contributed by atoms with Crippen LogP contribution in [0, 0.1) is 0 Å². The van der Waals surface area contributed by atoms with Crippen molar-refractivity contribution in [1.82, 2.24) is 5.32 Å². The number of fused-ring (bicyclic) bond motifs is 1. The standard InChI is InChI=1S/C19H21ClN2S/c1-3-9-22-19-13(2)12-23-16-6-4-5-15(20)18(16)17(19)14-7-10-21-11-8-14/h3-6,9,21H,1,7-8,10-12H2,2H3. The van der Waals surface area contributed by atoms with Gasteiger partial charge in [-0.1, -0.05) is 35.9 Å². The highest BCUT2D eigenvalue weighted by molar-refractivity contribution is 7.99. The maximum atomic E-state index is 6.62. The van der Waals surface area contributed by atoms with E-state index in [0.29, 0.717) is 0 Å². The van der Waals surface area contributed by atoms with E-state index in [4.69, 9.17) is 16.6 Å². The number of thioether (sulfide) groups is 1. The summed E-state index contributed by atoms with van der Waals surface area (Å²) in [6.45, 7) is 7.97. The lowest BCUT2D eigenvalue weighted by atomic mass is 9.90. The van der Waals surface area contributed by atoms with Crippen LogP contribution in [0.4, 0.5) is 0 Å². The molecule has 4 heteroatoms. The van der Waals surface area contributed by atoms with Gasteiger partial charge in [-0.3, -0.25) is 4.99 Å². The molecule has 2 aliphatic rings. The molecule has 0 unspecified atom stereocenters. The second-order valence-corrected chi connectivity index (χ2v) is 7.20. The highest BCUT2D eigenvalue weighted by atomic mass is 35.5. The predicted octanol–water partition coefficient (Wildman–Crippen LogP) is 5.11. The first-order chi connectivity index (χ1) is 11.2. The third kappa shape index (κ3) is 3.47. The molecule has 1 fully saturated rings. The van der Waals surface area contributed by atoms with E-state index in [1.54, 1.807) is 12.3 Å². The van der Waals surface area contributed by atoms with Crippen LogP contribution >= 0.6 is 23.4 Å². The molecule has 2 aliphatic heterocycles. The van der Waals surface area contributed by atoms with Crippen LogP contribution in [0.1, 0.15) is 25.3 Å². The van der Waals surface area contributed by atoms with Gasteiger partial charge in [-0.2, -0.15) is 0 Å². The third-order valence-electron chi connectivity index (χ3n) is 4.18. The molecule has 0 saturated carbocycles. The molecule has 2 nitrogen and oxygen atoms in total. The second kappa shape index (κ2) is 7.52. The highest BCUT2D eigenvalue weighted by Gasteiger charge is 2.25. The number of allylic oxidation sites excluding steroid dienone is 2. The second-order valence-electron chi connectivity index (χ2n) is 5.77. The highest BCUT2D eigenvalue weighted by Crippen LogP contribution is 2.45. The average molecular weight is 345 g/mol. The Hall–Kier alpha value is -1.29. The van der Waals surface area contributed by atoms with E-state index in [9.17, 15) is 0 Å². The molecule has 0 amide bonds. The van der Waals surface area contributed by atoms with Crippen molar-refractivity contribution in [2.24, 2.45) is 4.99 Å². The van der Waals surface area contributed by atoms with Gasteiger partial charge in [0.25, 0.3) is 0 Å². The molecule has 0 aromatic heterocycles. The van der Waals surface area contributed by atoms with Crippen LogP contribution in [0.3, 0.4) is 0 Å². The molecule has 2 heterocycles. The summed E-state index contributed by atoms with van der Waals surface area (Å²) in [5.74, 6) is 0.937. The normalized spacial score (nSPS) is 19.0. The third-order valence-corrected chi connectivity index (χ3v) is 5.72. The molecule has 23 heavy (non-hydrogen) atoms. The molecule has 1 saturated heterocycles. The molecular formula is C19H21ClN2S. The van der Waals surface area contributed by atoms with Gasteiger partial charge < -0.3 is 5.32 Å². The van der Waals surface area contributed by atoms with Crippen LogP contribution < -0.4 is 5.32 Å². The molecule has 1 N–H and O–H groups in total. The SMILES string of the molecule is C=CC=NC1=C(C)CSc2cccc(Cl)c2C1=C1CCNCC1. The number of aliphatic imine (C=N–C) groups is 1. The van der Waals surface area contributed by atoms with Crippen LogP contribution in [0.5, 0.6) is 0 Å². The van der Waals surface area contributed by atoms with Gasteiger partial charge >= 0.3 is 0 Å². The van der Waals surface area contributed by atoms with E-state index < -0.39 is 0 Å². The van der Waals surface area contributed by atoms with Gasteiger partial charge in [0.15, 0.2) is 0 Å². The Balaban J connectivity index is 2.27. The van der Waals surface area contributed by atoms with Gasteiger partial charge in [-0.15, -0.1) is 11.8 Å². The monoisotopic (exact) mass is 344 g/mol. The van der Waals surface area contributed by atoms with Gasteiger partial charge in [0.1, 0.15) is 0 Å². The van der Waals surface area contributed by atoms with Crippen molar-refractivity contribution >= 4 is 35.2 Å². The Morgan fingerprint density at radius 3 is 2.83 bits per heavy atom. The van der Waals surface area contributed by atoms with Crippen LogP contribution in [-0.2, 0) is 0 Å².